The molecule has 168 valence electrons. The summed E-state index contributed by atoms with van der Waals surface area (Å²) in [5.74, 6) is 1.50. The SMILES string of the molecule is CCNC(=NCc1ccnc(Oc2ccc(F)cc2)c1)N1CCOC(c2cnn(C)c2)C1. The predicted octanol–water partition coefficient (Wildman–Crippen LogP) is 3.29. The molecule has 0 amide bonds. The van der Waals surface area contributed by atoms with Crippen LogP contribution in [0.4, 0.5) is 4.39 Å². The molecule has 1 saturated heterocycles. The van der Waals surface area contributed by atoms with Gasteiger partial charge in [0.05, 0.1) is 25.9 Å². The minimum atomic E-state index is -0.307. The van der Waals surface area contributed by atoms with Crippen LogP contribution in [0.25, 0.3) is 0 Å². The van der Waals surface area contributed by atoms with Crippen molar-refractivity contribution in [1.29, 1.82) is 0 Å². The number of nitrogens with one attached hydrogen (secondary N) is 1. The lowest BCUT2D eigenvalue weighted by Crippen LogP contribution is -2.48. The second-order valence-electron chi connectivity index (χ2n) is 7.48. The van der Waals surface area contributed by atoms with Crippen molar-refractivity contribution in [3.05, 3.63) is 71.9 Å². The van der Waals surface area contributed by atoms with Crippen molar-refractivity contribution in [2.24, 2.45) is 12.0 Å². The quantitative estimate of drug-likeness (QED) is 0.470. The molecule has 1 N–H and O–H groups in total. The molecule has 1 aliphatic heterocycles. The minimum Gasteiger partial charge on any atom is -0.439 e. The molecule has 32 heavy (non-hydrogen) atoms. The highest BCUT2D eigenvalue weighted by molar-refractivity contribution is 5.80. The highest BCUT2D eigenvalue weighted by Crippen LogP contribution is 2.23. The van der Waals surface area contributed by atoms with Crippen molar-refractivity contribution in [1.82, 2.24) is 25.0 Å². The van der Waals surface area contributed by atoms with Gasteiger partial charge in [0.2, 0.25) is 5.88 Å². The summed E-state index contributed by atoms with van der Waals surface area (Å²) in [6.07, 6.45) is 5.47. The van der Waals surface area contributed by atoms with Crippen LogP contribution in [-0.4, -0.2) is 51.9 Å². The van der Waals surface area contributed by atoms with Crippen LogP contribution in [-0.2, 0) is 18.3 Å². The maximum atomic E-state index is 13.1. The molecule has 0 saturated carbocycles. The summed E-state index contributed by atoms with van der Waals surface area (Å²) in [5.41, 5.74) is 2.02. The lowest BCUT2D eigenvalue weighted by molar-refractivity contribution is -0.00805. The Morgan fingerprint density at radius 1 is 1.31 bits per heavy atom. The van der Waals surface area contributed by atoms with Crippen LogP contribution in [0.2, 0.25) is 0 Å². The molecule has 0 radical (unpaired) electrons. The Kier molecular flexibility index (Phi) is 6.96. The first-order valence-corrected chi connectivity index (χ1v) is 10.6. The molecule has 1 aromatic carbocycles. The predicted molar refractivity (Wildman–Crippen MR) is 119 cm³/mol. The van der Waals surface area contributed by atoms with Crippen molar-refractivity contribution in [3.8, 4) is 11.6 Å². The molecule has 0 bridgehead atoms. The highest BCUT2D eigenvalue weighted by Gasteiger charge is 2.25. The van der Waals surface area contributed by atoms with Crippen LogP contribution in [0.5, 0.6) is 11.6 Å². The van der Waals surface area contributed by atoms with Crippen molar-refractivity contribution in [3.63, 3.8) is 0 Å². The number of aromatic nitrogens is 3. The van der Waals surface area contributed by atoms with Gasteiger partial charge in [-0.3, -0.25) is 4.68 Å². The Labute approximate surface area is 186 Å². The van der Waals surface area contributed by atoms with Crippen LogP contribution in [0.3, 0.4) is 0 Å². The van der Waals surface area contributed by atoms with Crippen LogP contribution in [0, 0.1) is 5.82 Å². The number of benzene rings is 1. The third-order valence-electron chi connectivity index (χ3n) is 5.04. The average Bonchev–Trinajstić information content (AvgIpc) is 3.25. The van der Waals surface area contributed by atoms with E-state index in [-0.39, 0.29) is 11.9 Å². The lowest BCUT2D eigenvalue weighted by Gasteiger charge is -2.34. The normalized spacial score (nSPS) is 16.8. The first-order valence-electron chi connectivity index (χ1n) is 10.6. The number of pyridine rings is 1. The molecule has 0 aliphatic carbocycles. The number of hydrogen-bond donors (Lipinski definition) is 1. The van der Waals surface area contributed by atoms with Gasteiger partial charge in [0, 0.05) is 44.2 Å². The van der Waals surface area contributed by atoms with Crippen LogP contribution in [0.1, 0.15) is 24.2 Å². The Balaban J connectivity index is 1.44. The Hall–Kier alpha value is -3.46. The van der Waals surface area contributed by atoms with Crippen molar-refractivity contribution >= 4 is 5.96 Å². The zero-order valence-electron chi connectivity index (χ0n) is 18.2. The molecule has 1 unspecified atom stereocenters. The third-order valence-corrected chi connectivity index (χ3v) is 5.04. The number of aliphatic imine (C=N–C) groups is 1. The van der Waals surface area contributed by atoms with Gasteiger partial charge in [-0.05, 0) is 42.8 Å². The van der Waals surface area contributed by atoms with Gasteiger partial charge in [0.1, 0.15) is 17.7 Å². The minimum absolute atomic E-state index is 0.0436. The molecule has 9 heteroatoms. The van der Waals surface area contributed by atoms with E-state index in [2.05, 4.69) is 27.2 Å². The largest absolute Gasteiger partial charge is 0.439 e. The second kappa shape index (κ2) is 10.2. The fourth-order valence-corrected chi connectivity index (χ4v) is 3.47. The second-order valence-corrected chi connectivity index (χ2v) is 7.48. The van der Waals surface area contributed by atoms with Gasteiger partial charge in [-0.2, -0.15) is 5.10 Å². The van der Waals surface area contributed by atoms with Crippen LogP contribution in [0.15, 0.2) is 60.0 Å². The maximum absolute atomic E-state index is 13.1. The molecule has 8 nitrogen and oxygen atoms in total. The molecule has 4 rings (SSSR count). The van der Waals surface area contributed by atoms with Gasteiger partial charge in [-0.15, -0.1) is 0 Å². The highest BCUT2D eigenvalue weighted by atomic mass is 19.1. The van der Waals surface area contributed by atoms with Crippen molar-refractivity contribution in [2.75, 3.05) is 26.2 Å². The average molecular weight is 439 g/mol. The number of hydrogen-bond acceptors (Lipinski definition) is 5. The summed E-state index contributed by atoms with van der Waals surface area (Å²) in [6.45, 7) is 5.37. The standard InChI is InChI=1S/C23H27FN6O2/c1-3-25-23(30-10-11-31-21(16-30)18-14-28-29(2)15-18)27-13-17-8-9-26-22(12-17)32-20-6-4-19(24)5-7-20/h4-9,12,14-15,21H,3,10-11,13,16H2,1-2H3,(H,25,27). The maximum Gasteiger partial charge on any atom is 0.219 e. The summed E-state index contributed by atoms with van der Waals surface area (Å²) in [5, 5.41) is 7.63. The summed E-state index contributed by atoms with van der Waals surface area (Å²) in [6, 6.07) is 9.60. The zero-order chi connectivity index (χ0) is 22.3. The van der Waals surface area contributed by atoms with Crippen molar-refractivity contribution < 1.29 is 13.9 Å². The first-order chi connectivity index (χ1) is 15.6. The van der Waals surface area contributed by atoms with E-state index in [1.54, 1.807) is 23.0 Å². The van der Waals surface area contributed by atoms with E-state index in [0.717, 1.165) is 30.2 Å². The monoisotopic (exact) mass is 438 g/mol. The number of ether oxygens (including phenoxy) is 2. The fourth-order valence-electron chi connectivity index (χ4n) is 3.47. The first kappa shape index (κ1) is 21.8. The van der Waals surface area contributed by atoms with Gasteiger partial charge in [-0.25, -0.2) is 14.4 Å². The molecule has 3 heterocycles. The Morgan fingerprint density at radius 3 is 2.91 bits per heavy atom. The summed E-state index contributed by atoms with van der Waals surface area (Å²) in [4.78, 5) is 11.3. The molecule has 1 aliphatic rings. The summed E-state index contributed by atoms with van der Waals surface area (Å²) in [7, 11) is 1.90. The van der Waals surface area contributed by atoms with Crippen molar-refractivity contribution in [2.45, 2.75) is 19.6 Å². The Morgan fingerprint density at radius 2 is 2.16 bits per heavy atom. The molecule has 1 fully saturated rings. The van der Waals surface area contributed by atoms with E-state index in [1.807, 2.05) is 31.6 Å². The number of morpholine rings is 1. The van der Waals surface area contributed by atoms with Gasteiger partial charge >= 0.3 is 0 Å². The van der Waals surface area contributed by atoms with E-state index in [1.165, 1.54) is 12.1 Å². The number of rotatable bonds is 6. The van der Waals surface area contributed by atoms with E-state index in [9.17, 15) is 4.39 Å². The molecular weight excluding hydrogens is 411 g/mol. The van der Waals surface area contributed by atoms with Gasteiger partial charge in [-0.1, -0.05) is 0 Å². The number of halogens is 1. The lowest BCUT2D eigenvalue weighted by atomic mass is 10.1. The fraction of sp³-hybridized carbons (Fsp3) is 0.348. The summed E-state index contributed by atoms with van der Waals surface area (Å²) >= 11 is 0. The topological polar surface area (TPSA) is 76.8 Å². The Bertz CT molecular complexity index is 1050. The molecular formula is C23H27FN6O2. The third kappa shape index (κ3) is 5.61. The summed E-state index contributed by atoms with van der Waals surface area (Å²) < 4.78 is 26.6. The van der Waals surface area contributed by atoms with E-state index in [0.29, 0.717) is 31.3 Å². The van der Waals surface area contributed by atoms with E-state index >= 15 is 0 Å². The zero-order valence-corrected chi connectivity index (χ0v) is 18.2. The number of aryl methyl sites for hydroxylation is 1. The number of nitrogens with zero attached hydrogens (tertiary/aromatic N) is 5. The molecule has 3 aromatic rings. The smallest absolute Gasteiger partial charge is 0.219 e. The van der Waals surface area contributed by atoms with Gasteiger partial charge in [0.15, 0.2) is 5.96 Å². The number of guanidine groups is 1. The molecule has 0 spiro atoms. The molecule has 1 atom stereocenters. The van der Waals surface area contributed by atoms with E-state index < -0.39 is 0 Å². The molecule has 2 aromatic heterocycles. The van der Waals surface area contributed by atoms with Crippen LogP contribution < -0.4 is 10.1 Å². The van der Waals surface area contributed by atoms with E-state index in [4.69, 9.17) is 14.5 Å². The van der Waals surface area contributed by atoms with Crippen LogP contribution >= 0.6 is 0 Å². The van der Waals surface area contributed by atoms with Gasteiger partial charge in [0.25, 0.3) is 0 Å². The van der Waals surface area contributed by atoms with Gasteiger partial charge < -0.3 is 19.7 Å².